The molecule has 10 nitrogen and oxygen atoms in total. The zero-order chi connectivity index (χ0) is 24.2. The van der Waals surface area contributed by atoms with Crippen LogP contribution in [0, 0.1) is 18.3 Å². The van der Waals surface area contributed by atoms with E-state index in [1.165, 1.54) is 30.1 Å². The molecule has 2 amide bonds. The minimum absolute atomic E-state index is 0.00794. The van der Waals surface area contributed by atoms with E-state index in [2.05, 4.69) is 20.9 Å². The standard InChI is InChI=1S/C22H19ClN6O4S/c1-12-6-13(9-24)7-15(21(30)28-32-2)19(12)26-22(31)17-8-18(33-14-10-34-11-14)27-29(17)20-16(23)4-3-5-25-20/h3-8,14H,10-11H2,1-2H3,(H,26,31)(H,28,30). The normalized spacial score (nSPS) is 13.0. The van der Waals surface area contributed by atoms with Crippen LogP contribution in [0.2, 0.25) is 5.02 Å². The molecule has 34 heavy (non-hydrogen) atoms. The molecule has 0 saturated carbocycles. The first-order valence-corrected chi connectivity index (χ1v) is 11.6. The Labute approximate surface area is 204 Å². The number of nitriles is 1. The summed E-state index contributed by atoms with van der Waals surface area (Å²) in [6.07, 6.45) is 1.54. The number of halogens is 1. The fourth-order valence-corrected chi connectivity index (χ4v) is 4.01. The number of hydrogen-bond donors (Lipinski definition) is 2. The largest absolute Gasteiger partial charge is 0.472 e. The number of aromatic nitrogens is 3. The maximum Gasteiger partial charge on any atom is 0.276 e. The summed E-state index contributed by atoms with van der Waals surface area (Å²) in [7, 11) is 1.29. The number of benzene rings is 1. The molecule has 174 valence electrons. The average molecular weight is 499 g/mol. The average Bonchev–Trinajstić information content (AvgIpc) is 3.21. The van der Waals surface area contributed by atoms with Crippen molar-refractivity contribution in [2.24, 2.45) is 0 Å². The molecule has 12 heteroatoms. The van der Waals surface area contributed by atoms with Crippen LogP contribution < -0.4 is 15.5 Å². The molecule has 0 bridgehead atoms. The van der Waals surface area contributed by atoms with E-state index in [4.69, 9.17) is 21.2 Å². The molecule has 3 aromatic rings. The first-order chi connectivity index (χ1) is 16.4. The van der Waals surface area contributed by atoms with Crippen molar-refractivity contribution in [3.8, 4) is 17.8 Å². The zero-order valence-electron chi connectivity index (χ0n) is 18.2. The number of hydroxylamine groups is 1. The van der Waals surface area contributed by atoms with Crippen LogP contribution in [0.25, 0.3) is 5.82 Å². The second-order valence-corrected chi connectivity index (χ2v) is 8.76. The fourth-order valence-electron chi connectivity index (χ4n) is 3.25. The number of aryl methyl sites for hydroxylation is 1. The maximum absolute atomic E-state index is 13.4. The molecule has 1 fully saturated rings. The highest BCUT2D eigenvalue weighted by Crippen LogP contribution is 2.28. The number of nitrogens with one attached hydrogen (secondary N) is 2. The number of hydrogen-bond acceptors (Lipinski definition) is 8. The molecule has 4 rings (SSSR count). The Morgan fingerprint density at radius 3 is 2.74 bits per heavy atom. The van der Waals surface area contributed by atoms with Crippen LogP contribution in [0.4, 0.5) is 5.69 Å². The van der Waals surface area contributed by atoms with Gasteiger partial charge in [0, 0.05) is 23.8 Å². The Morgan fingerprint density at radius 1 is 1.29 bits per heavy atom. The molecule has 1 saturated heterocycles. The van der Waals surface area contributed by atoms with Crippen LogP contribution in [0.3, 0.4) is 0 Å². The molecule has 1 aliphatic heterocycles. The predicted molar refractivity (Wildman–Crippen MR) is 126 cm³/mol. The third-order valence-corrected chi connectivity index (χ3v) is 6.41. The van der Waals surface area contributed by atoms with Gasteiger partial charge in [-0.2, -0.15) is 17.0 Å². The number of ether oxygens (including phenoxy) is 1. The van der Waals surface area contributed by atoms with E-state index in [1.54, 1.807) is 36.9 Å². The van der Waals surface area contributed by atoms with Gasteiger partial charge in [0.2, 0.25) is 5.88 Å². The van der Waals surface area contributed by atoms with Crippen molar-refractivity contribution >= 4 is 40.9 Å². The minimum atomic E-state index is -0.620. The van der Waals surface area contributed by atoms with Gasteiger partial charge < -0.3 is 10.1 Å². The Morgan fingerprint density at radius 2 is 2.09 bits per heavy atom. The molecule has 2 N–H and O–H groups in total. The first-order valence-electron chi connectivity index (χ1n) is 10.1. The third-order valence-electron chi connectivity index (χ3n) is 4.90. The van der Waals surface area contributed by atoms with Crippen LogP contribution in [-0.2, 0) is 4.84 Å². The van der Waals surface area contributed by atoms with Crippen molar-refractivity contribution in [3.63, 3.8) is 0 Å². The molecular formula is C22H19ClN6O4S. The lowest BCUT2D eigenvalue weighted by Gasteiger charge is -2.24. The summed E-state index contributed by atoms with van der Waals surface area (Å²) in [6, 6.07) is 9.73. The molecule has 0 spiro atoms. The smallest absolute Gasteiger partial charge is 0.276 e. The SMILES string of the molecule is CONC(=O)c1cc(C#N)cc(C)c1NC(=O)c1cc(OC2CSC2)nn1-c1ncccc1Cl. The number of amides is 2. The van der Waals surface area contributed by atoms with Crippen LogP contribution in [-0.4, -0.2) is 51.3 Å². The topological polar surface area (TPSA) is 131 Å². The Balaban J connectivity index is 1.74. The van der Waals surface area contributed by atoms with Crippen molar-refractivity contribution < 1.29 is 19.2 Å². The fraction of sp³-hybridized carbons (Fsp3) is 0.227. The van der Waals surface area contributed by atoms with Gasteiger partial charge in [0.1, 0.15) is 11.8 Å². The highest BCUT2D eigenvalue weighted by molar-refractivity contribution is 8.00. The van der Waals surface area contributed by atoms with E-state index in [1.807, 2.05) is 6.07 Å². The van der Waals surface area contributed by atoms with Crippen molar-refractivity contribution in [3.05, 3.63) is 63.9 Å². The van der Waals surface area contributed by atoms with Gasteiger partial charge in [-0.3, -0.25) is 14.4 Å². The van der Waals surface area contributed by atoms with Gasteiger partial charge in [0.25, 0.3) is 11.8 Å². The lowest BCUT2D eigenvalue weighted by Crippen LogP contribution is -2.31. The monoisotopic (exact) mass is 498 g/mol. The van der Waals surface area contributed by atoms with Crippen molar-refractivity contribution in [2.75, 3.05) is 23.9 Å². The molecule has 3 heterocycles. The van der Waals surface area contributed by atoms with Gasteiger partial charge in [-0.25, -0.2) is 15.1 Å². The number of rotatable bonds is 7. The lowest BCUT2D eigenvalue weighted by molar-refractivity contribution is 0.0538. The van der Waals surface area contributed by atoms with Crippen LogP contribution in [0.1, 0.15) is 32.0 Å². The van der Waals surface area contributed by atoms with Gasteiger partial charge in [-0.15, -0.1) is 5.10 Å². The van der Waals surface area contributed by atoms with Gasteiger partial charge >= 0.3 is 0 Å². The Kier molecular flexibility index (Phi) is 7.02. The predicted octanol–water partition coefficient (Wildman–Crippen LogP) is 3.14. The Hall–Kier alpha value is -3.59. The van der Waals surface area contributed by atoms with Crippen molar-refractivity contribution in [2.45, 2.75) is 13.0 Å². The van der Waals surface area contributed by atoms with Crippen molar-refractivity contribution in [1.82, 2.24) is 20.2 Å². The van der Waals surface area contributed by atoms with E-state index >= 15 is 0 Å². The maximum atomic E-state index is 13.4. The highest BCUT2D eigenvalue weighted by atomic mass is 35.5. The summed E-state index contributed by atoms with van der Waals surface area (Å²) in [5, 5.41) is 16.7. The number of carbonyl (C=O) groups is 2. The van der Waals surface area contributed by atoms with Crippen molar-refractivity contribution in [1.29, 1.82) is 5.26 Å². The van der Waals surface area contributed by atoms with E-state index in [-0.39, 0.29) is 40.3 Å². The minimum Gasteiger partial charge on any atom is -0.472 e. The van der Waals surface area contributed by atoms with E-state index in [0.29, 0.717) is 10.6 Å². The van der Waals surface area contributed by atoms with Crippen LogP contribution in [0.15, 0.2) is 36.5 Å². The van der Waals surface area contributed by atoms with Gasteiger partial charge in [-0.1, -0.05) is 11.6 Å². The highest BCUT2D eigenvalue weighted by Gasteiger charge is 2.26. The molecule has 0 aliphatic carbocycles. The Bertz CT molecular complexity index is 1300. The summed E-state index contributed by atoms with van der Waals surface area (Å²) in [5.41, 5.74) is 3.37. The molecule has 0 radical (unpaired) electrons. The third kappa shape index (κ3) is 4.84. The summed E-state index contributed by atoms with van der Waals surface area (Å²) < 4.78 is 7.16. The summed E-state index contributed by atoms with van der Waals surface area (Å²) in [6.45, 7) is 1.68. The van der Waals surface area contributed by atoms with Crippen LogP contribution >= 0.6 is 23.4 Å². The van der Waals surface area contributed by atoms with Gasteiger partial charge in [-0.05, 0) is 36.8 Å². The number of nitrogens with zero attached hydrogens (tertiary/aromatic N) is 4. The van der Waals surface area contributed by atoms with E-state index < -0.39 is 11.8 Å². The number of pyridine rings is 1. The number of carbonyl (C=O) groups excluding carboxylic acids is 2. The van der Waals surface area contributed by atoms with E-state index in [0.717, 1.165) is 11.5 Å². The molecule has 1 aromatic carbocycles. The van der Waals surface area contributed by atoms with Crippen LogP contribution in [0.5, 0.6) is 5.88 Å². The lowest BCUT2D eigenvalue weighted by atomic mass is 10.0. The number of anilines is 1. The molecule has 0 atom stereocenters. The first kappa shape index (κ1) is 23.6. The zero-order valence-corrected chi connectivity index (χ0v) is 19.7. The quantitative estimate of drug-likeness (QED) is 0.475. The molecule has 2 aromatic heterocycles. The summed E-state index contributed by atoms with van der Waals surface area (Å²) in [5.74, 6) is 0.978. The summed E-state index contributed by atoms with van der Waals surface area (Å²) >= 11 is 8.06. The summed E-state index contributed by atoms with van der Waals surface area (Å²) in [4.78, 5) is 34.9. The van der Waals surface area contributed by atoms with Gasteiger partial charge in [0.05, 0.1) is 35.0 Å². The molecule has 0 unspecified atom stereocenters. The second kappa shape index (κ2) is 10.1. The van der Waals surface area contributed by atoms with Gasteiger partial charge in [0.15, 0.2) is 5.82 Å². The second-order valence-electron chi connectivity index (χ2n) is 7.28. The molecule has 1 aliphatic rings. The number of thioether (sulfide) groups is 1. The molecular weight excluding hydrogens is 480 g/mol. The van der Waals surface area contributed by atoms with E-state index in [9.17, 15) is 14.9 Å².